The number of rotatable bonds is 8. The average Bonchev–Trinajstić information content (AvgIpc) is 3.45. The van der Waals surface area contributed by atoms with Crippen LogP contribution in [0, 0.1) is 12.7 Å². The van der Waals surface area contributed by atoms with Crippen LogP contribution < -0.4 is 4.90 Å². The second kappa shape index (κ2) is 10.7. The highest BCUT2D eigenvalue weighted by Gasteiger charge is 2.43. The van der Waals surface area contributed by atoms with Crippen molar-refractivity contribution in [3.8, 4) is 22.5 Å². The molecule has 4 aromatic rings. The Bertz CT molecular complexity index is 1580. The molecule has 41 heavy (non-hydrogen) atoms. The monoisotopic (exact) mass is 573 g/mol. The van der Waals surface area contributed by atoms with Gasteiger partial charge in [-0.3, -0.25) is 0 Å². The van der Waals surface area contributed by atoms with Crippen LogP contribution >= 0.6 is 11.3 Å². The number of aryl methyl sites for hydroxylation is 1. The van der Waals surface area contributed by atoms with E-state index >= 15 is 0 Å². The topological polar surface area (TPSA) is 77.7 Å². The molecule has 2 aliphatic heterocycles. The molecule has 2 bridgehead atoms. The Morgan fingerprint density at radius 1 is 1.10 bits per heavy atom. The number of hydrogen-bond acceptors (Lipinski definition) is 8. The summed E-state index contributed by atoms with van der Waals surface area (Å²) in [6.07, 6.45) is 6.49. The molecule has 2 aromatic carbocycles. The zero-order chi connectivity index (χ0) is 28.1. The van der Waals surface area contributed by atoms with E-state index in [2.05, 4.69) is 29.1 Å². The van der Waals surface area contributed by atoms with Crippen molar-refractivity contribution >= 4 is 22.4 Å². The maximum absolute atomic E-state index is 14.9. The maximum Gasteiger partial charge on any atom is 0.337 e. The third-order valence-electron chi connectivity index (χ3n) is 8.70. The van der Waals surface area contributed by atoms with E-state index in [1.165, 1.54) is 18.7 Å². The number of esters is 1. The van der Waals surface area contributed by atoms with E-state index in [0.29, 0.717) is 35.9 Å². The molecule has 3 atom stereocenters. The van der Waals surface area contributed by atoms with Crippen molar-refractivity contribution < 1.29 is 23.2 Å². The number of methoxy groups -OCH3 is 1. The van der Waals surface area contributed by atoms with Crippen molar-refractivity contribution in [2.45, 2.75) is 76.2 Å². The van der Waals surface area contributed by atoms with Crippen LogP contribution in [0.15, 0.2) is 52.4 Å². The molecule has 4 heterocycles. The van der Waals surface area contributed by atoms with E-state index in [4.69, 9.17) is 19.0 Å². The molecule has 3 fully saturated rings. The number of fused-ring (bicyclic) bond motifs is 2. The molecule has 1 saturated carbocycles. The van der Waals surface area contributed by atoms with E-state index in [-0.39, 0.29) is 11.7 Å². The Hall–Kier alpha value is -3.56. The number of benzene rings is 2. The van der Waals surface area contributed by atoms with Crippen LogP contribution in [0.2, 0.25) is 0 Å². The van der Waals surface area contributed by atoms with Crippen molar-refractivity contribution in [3.05, 3.63) is 76.1 Å². The summed E-state index contributed by atoms with van der Waals surface area (Å²) in [7, 11) is 1.28. The van der Waals surface area contributed by atoms with Crippen LogP contribution in [0.4, 0.5) is 9.52 Å². The fraction of sp³-hybridized carbons (Fsp3) is 0.406. The maximum atomic E-state index is 14.9. The van der Waals surface area contributed by atoms with Crippen molar-refractivity contribution in [1.82, 2.24) is 10.1 Å². The van der Waals surface area contributed by atoms with Crippen LogP contribution in [-0.2, 0) is 16.1 Å². The summed E-state index contributed by atoms with van der Waals surface area (Å²) >= 11 is 1.54. The number of piperidine rings is 1. The first-order valence-electron chi connectivity index (χ1n) is 14.3. The Balaban J connectivity index is 1.05. The fourth-order valence-corrected chi connectivity index (χ4v) is 7.40. The molecule has 7 nitrogen and oxygen atoms in total. The van der Waals surface area contributed by atoms with Crippen molar-refractivity contribution in [2.75, 3.05) is 12.0 Å². The van der Waals surface area contributed by atoms with Crippen LogP contribution in [0.1, 0.15) is 71.7 Å². The standard InChI is InChI=1S/C32H32FN3O4S/c1-18-5-3-4-6-24(18)29-26(30(40-35-29)19-7-8-19)16-39-23-14-21-10-11-22(15-23)36(21)32-34-28(17-41-32)25-12-9-20(13-27(25)33)31(37)38-2/h3-6,9,12-13,17,19,21-23H,7-8,10-11,14-16H2,1-2H3/t21-,22+,23+. The first-order valence-corrected chi connectivity index (χ1v) is 15.2. The Morgan fingerprint density at radius 3 is 2.59 bits per heavy atom. The second-order valence-corrected chi connectivity index (χ2v) is 12.2. The Labute approximate surface area is 242 Å². The molecule has 1 aliphatic carbocycles. The van der Waals surface area contributed by atoms with E-state index in [9.17, 15) is 9.18 Å². The van der Waals surface area contributed by atoms with Gasteiger partial charge < -0.3 is 18.9 Å². The number of ether oxygens (including phenoxy) is 2. The summed E-state index contributed by atoms with van der Waals surface area (Å²) in [4.78, 5) is 19.0. The largest absolute Gasteiger partial charge is 0.465 e. The molecule has 3 aliphatic rings. The zero-order valence-electron chi connectivity index (χ0n) is 23.1. The third-order valence-corrected chi connectivity index (χ3v) is 9.55. The number of carbonyl (C=O) groups is 1. The summed E-state index contributed by atoms with van der Waals surface area (Å²) in [6.45, 7) is 2.61. The van der Waals surface area contributed by atoms with Gasteiger partial charge in [0.05, 0.1) is 31.1 Å². The molecule has 2 saturated heterocycles. The Kier molecular flexibility index (Phi) is 6.87. The van der Waals surface area contributed by atoms with Crippen molar-refractivity contribution in [1.29, 1.82) is 0 Å². The van der Waals surface area contributed by atoms with E-state index in [0.717, 1.165) is 66.2 Å². The molecule has 0 N–H and O–H groups in total. The van der Waals surface area contributed by atoms with Crippen molar-refractivity contribution in [2.24, 2.45) is 0 Å². The van der Waals surface area contributed by atoms with Gasteiger partial charge in [-0.1, -0.05) is 29.4 Å². The summed E-state index contributed by atoms with van der Waals surface area (Å²) in [6, 6.07) is 13.4. The second-order valence-electron chi connectivity index (χ2n) is 11.4. The lowest BCUT2D eigenvalue weighted by Crippen LogP contribution is -2.45. The Morgan fingerprint density at radius 2 is 1.88 bits per heavy atom. The number of hydrogen-bond donors (Lipinski definition) is 0. The first kappa shape index (κ1) is 26.3. The highest BCUT2D eigenvalue weighted by Crippen LogP contribution is 2.46. The van der Waals surface area contributed by atoms with Gasteiger partial charge in [0.1, 0.15) is 17.3 Å². The van der Waals surface area contributed by atoms with E-state index in [1.54, 1.807) is 23.5 Å². The van der Waals surface area contributed by atoms with Gasteiger partial charge in [0, 0.05) is 40.1 Å². The first-order chi connectivity index (χ1) is 20.0. The fourth-order valence-electron chi connectivity index (χ4n) is 6.43. The highest BCUT2D eigenvalue weighted by molar-refractivity contribution is 7.14. The summed E-state index contributed by atoms with van der Waals surface area (Å²) in [5, 5.41) is 7.31. The lowest BCUT2D eigenvalue weighted by molar-refractivity contribution is 0.0147. The third kappa shape index (κ3) is 4.95. The smallest absolute Gasteiger partial charge is 0.337 e. The summed E-state index contributed by atoms with van der Waals surface area (Å²) in [5.41, 5.74) is 5.45. The number of aromatic nitrogens is 2. The van der Waals surface area contributed by atoms with Gasteiger partial charge in [0.25, 0.3) is 0 Å². The molecular weight excluding hydrogens is 541 g/mol. The van der Waals surface area contributed by atoms with Crippen molar-refractivity contribution in [3.63, 3.8) is 0 Å². The molecule has 2 aromatic heterocycles. The summed E-state index contributed by atoms with van der Waals surface area (Å²) in [5.74, 6) is 0.405. The van der Waals surface area contributed by atoms with E-state index in [1.807, 2.05) is 17.5 Å². The van der Waals surface area contributed by atoms with Gasteiger partial charge in [-0.15, -0.1) is 11.3 Å². The van der Waals surface area contributed by atoms with Crippen LogP contribution in [0.25, 0.3) is 22.5 Å². The average molecular weight is 574 g/mol. The minimum Gasteiger partial charge on any atom is -0.465 e. The van der Waals surface area contributed by atoms with Gasteiger partial charge in [-0.05, 0) is 69.2 Å². The zero-order valence-corrected chi connectivity index (χ0v) is 24.0. The molecule has 9 heteroatoms. The lowest BCUT2D eigenvalue weighted by Gasteiger charge is -2.38. The predicted octanol–water partition coefficient (Wildman–Crippen LogP) is 7.29. The lowest BCUT2D eigenvalue weighted by atomic mass is 9.99. The predicted molar refractivity (Wildman–Crippen MR) is 155 cm³/mol. The minimum absolute atomic E-state index is 0.151. The van der Waals surface area contributed by atoms with Gasteiger partial charge in [0.15, 0.2) is 5.13 Å². The van der Waals surface area contributed by atoms with E-state index < -0.39 is 11.8 Å². The normalized spacial score (nSPS) is 21.8. The van der Waals surface area contributed by atoms with Crippen LogP contribution in [0.5, 0.6) is 0 Å². The number of halogens is 1. The molecular formula is C32H32FN3O4S. The van der Waals surface area contributed by atoms with Crippen LogP contribution in [-0.4, -0.2) is 41.4 Å². The SMILES string of the molecule is COC(=O)c1ccc(-c2csc(N3[C@@H]4CC[C@H]3C[C@@H](OCc3c(-c5ccccc5C)noc3C3CC3)C4)n2)c(F)c1. The molecule has 0 spiro atoms. The van der Waals surface area contributed by atoms with Gasteiger partial charge in [-0.2, -0.15) is 0 Å². The minimum atomic E-state index is -0.560. The number of thiazole rings is 1. The quantitative estimate of drug-likeness (QED) is 0.205. The van der Waals surface area contributed by atoms with Gasteiger partial charge in [-0.25, -0.2) is 14.2 Å². The number of anilines is 1. The molecule has 0 radical (unpaired) electrons. The molecule has 7 rings (SSSR count). The van der Waals surface area contributed by atoms with Gasteiger partial charge >= 0.3 is 5.97 Å². The van der Waals surface area contributed by atoms with Gasteiger partial charge in [0.2, 0.25) is 0 Å². The van der Waals surface area contributed by atoms with Crippen LogP contribution in [0.3, 0.4) is 0 Å². The molecule has 0 amide bonds. The molecule has 212 valence electrons. The summed E-state index contributed by atoms with van der Waals surface area (Å²) < 4.78 is 32.0. The number of carbonyl (C=O) groups excluding carboxylic acids is 1. The molecule has 0 unspecified atom stereocenters. The number of nitrogens with zero attached hydrogens (tertiary/aromatic N) is 3. The highest BCUT2D eigenvalue weighted by atomic mass is 32.1.